The zero-order valence-electron chi connectivity index (χ0n) is 15.7. The number of aliphatic hydroxyl groups excluding tert-OH is 1. The van der Waals surface area contributed by atoms with E-state index in [4.69, 9.17) is 9.84 Å². The maximum Gasteiger partial charge on any atom is 0.247 e. The molecule has 2 rings (SSSR count). The molecule has 2 amide bonds. The molecule has 0 aromatic heterocycles. The molecule has 2 N–H and O–H groups in total. The summed E-state index contributed by atoms with van der Waals surface area (Å²) in [7, 11) is 1.60. The number of hydrogen-bond donors (Lipinski definition) is 2. The van der Waals surface area contributed by atoms with E-state index >= 15 is 0 Å². The van der Waals surface area contributed by atoms with Gasteiger partial charge in [0.05, 0.1) is 7.11 Å². The summed E-state index contributed by atoms with van der Waals surface area (Å²) >= 11 is 0. The van der Waals surface area contributed by atoms with E-state index in [1.165, 1.54) is 6.92 Å². The van der Waals surface area contributed by atoms with Gasteiger partial charge in [-0.1, -0.05) is 42.5 Å². The fourth-order valence-corrected chi connectivity index (χ4v) is 2.81. The molecule has 0 aliphatic rings. The van der Waals surface area contributed by atoms with E-state index < -0.39 is 6.04 Å². The average Bonchev–Trinajstić information content (AvgIpc) is 2.69. The van der Waals surface area contributed by atoms with E-state index in [-0.39, 0.29) is 18.4 Å². The lowest BCUT2D eigenvalue weighted by atomic mass is 10.0. The molecular formula is C21H26N2O4. The summed E-state index contributed by atoms with van der Waals surface area (Å²) in [4.78, 5) is 26.8. The van der Waals surface area contributed by atoms with Crippen LogP contribution in [0.25, 0.3) is 0 Å². The van der Waals surface area contributed by atoms with Crippen LogP contribution in [0.4, 0.5) is 0 Å². The largest absolute Gasteiger partial charge is 0.497 e. The molecule has 0 radical (unpaired) electrons. The molecule has 0 aliphatic heterocycles. The minimum Gasteiger partial charge on any atom is -0.497 e. The van der Waals surface area contributed by atoms with Crippen molar-refractivity contribution >= 4 is 11.8 Å². The molecule has 1 atom stereocenters. The summed E-state index contributed by atoms with van der Waals surface area (Å²) in [5.41, 5.74) is 1.64. The predicted octanol–water partition coefficient (Wildman–Crippen LogP) is 2.28. The Morgan fingerprint density at radius 2 is 1.78 bits per heavy atom. The monoisotopic (exact) mass is 370 g/mol. The summed E-state index contributed by atoms with van der Waals surface area (Å²) in [5.74, 6) is 0.268. The van der Waals surface area contributed by atoms with Crippen molar-refractivity contribution in [3.63, 3.8) is 0 Å². The van der Waals surface area contributed by atoms with Crippen LogP contribution in [0.1, 0.15) is 30.5 Å². The van der Waals surface area contributed by atoms with Crippen molar-refractivity contribution in [2.75, 3.05) is 20.3 Å². The fourth-order valence-electron chi connectivity index (χ4n) is 2.81. The van der Waals surface area contributed by atoms with Crippen molar-refractivity contribution in [2.24, 2.45) is 0 Å². The number of amides is 2. The average molecular weight is 370 g/mol. The Labute approximate surface area is 159 Å². The van der Waals surface area contributed by atoms with Gasteiger partial charge in [-0.3, -0.25) is 9.59 Å². The quantitative estimate of drug-likeness (QED) is 0.664. The van der Waals surface area contributed by atoms with Crippen molar-refractivity contribution in [2.45, 2.75) is 25.9 Å². The molecule has 1 unspecified atom stereocenters. The summed E-state index contributed by atoms with van der Waals surface area (Å²) in [6, 6.07) is 15.9. The molecule has 0 fully saturated rings. The third kappa shape index (κ3) is 5.82. The fraction of sp³-hybridized carbons (Fsp3) is 0.333. The Bertz CT molecular complexity index is 732. The van der Waals surface area contributed by atoms with Gasteiger partial charge in [0.1, 0.15) is 11.8 Å². The Morgan fingerprint density at radius 1 is 1.11 bits per heavy atom. The number of nitrogens with zero attached hydrogens (tertiary/aromatic N) is 1. The van der Waals surface area contributed by atoms with Gasteiger partial charge < -0.3 is 20.1 Å². The lowest BCUT2D eigenvalue weighted by Crippen LogP contribution is -2.42. The van der Waals surface area contributed by atoms with Crippen LogP contribution in [0.5, 0.6) is 5.75 Å². The minimum atomic E-state index is -0.746. The summed E-state index contributed by atoms with van der Waals surface area (Å²) < 4.78 is 5.17. The number of carbonyl (C=O) groups excluding carboxylic acids is 2. The highest BCUT2D eigenvalue weighted by molar-refractivity contribution is 5.88. The molecule has 0 heterocycles. The van der Waals surface area contributed by atoms with E-state index in [2.05, 4.69) is 5.32 Å². The van der Waals surface area contributed by atoms with Crippen LogP contribution in [-0.4, -0.2) is 42.1 Å². The Hall–Kier alpha value is -2.86. The maximum atomic E-state index is 12.8. The molecule has 0 saturated heterocycles. The van der Waals surface area contributed by atoms with Gasteiger partial charge in [-0.15, -0.1) is 0 Å². The lowest BCUT2D eigenvalue weighted by molar-refractivity contribution is -0.140. The van der Waals surface area contributed by atoms with Crippen molar-refractivity contribution in [3.8, 4) is 5.75 Å². The maximum absolute atomic E-state index is 12.8. The van der Waals surface area contributed by atoms with Crippen LogP contribution < -0.4 is 10.1 Å². The van der Waals surface area contributed by atoms with Crippen LogP contribution in [0.15, 0.2) is 54.6 Å². The van der Waals surface area contributed by atoms with Gasteiger partial charge in [-0.25, -0.2) is 0 Å². The number of ether oxygens (including phenoxy) is 1. The highest BCUT2D eigenvalue weighted by Gasteiger charge is 2.29. The van der Waals surface area contributed by atoms with Gasteiger partial charge in [-0.2, -0.15) is 0 Å². The highest BCUT2D eigenvalue weighted by atomic mass is 16.5. The van der Waals surface area contributed by atoms with Crippen molar-refractivity contribution < 1.29 is 19.4 Å². The van der Waals surface area contributed by atoms with E-state index in [9.17, 15) is 9.59 Å². The second-order valence-electron chi connectivity index (χ2n) is 6.18. The van der Waals surface area contributed by atoms with Gasteiger partial charge in [0.25, 0.3) is 0 Å². The summed E-state index contributed by atoms with van der Waals surface area (Å²) in [5, 5.41) is 11.8. The van der Waals surface area contributed by atoms with Crippen molar-refractivity contribution in [1.29, 1.82) is 0 Å². The van der Waals surface area contributed by atoms with Crippen LogP contribution in [0, 0.1) is 0 Å². The van der Waals surface area contributed by atoms with Gasteiger partial charge in [0.2, 0.25) is 11.8 Å². The first-order chi connectivity index (χ1) is 13.1. The Kier molecular flexibility index (Phi) is 7.82. The molecule has 2 aromatic rings. The summed E-state index contributed by atoms with van der Waals surface area (Å²) in [6.45, 7) is 2.11. The van der Waals surface area contributed by atoms with Crippen LogP contribution in [-0.2, 0) is 16.1 Å². The van der Waals surface area contributed by atoms with Crippen molar-refractivity contribution in [3.05, 3.63) is 65.7 Å². The smallest absolute Gasteiger partial charge is 0.247 e. The molecule has 0 aliphatic carbocycles. The Morgan fingerprint density at radius 3 is 2.33 bits per heavy atom. The van der Waals surface area contributed by atoms with Crippen LogP contribution >= 0.6 is 0 Å². The van der Waals surface area contributed by atoms with Gasteiger partial charge in [-0.05, 0) is 29.7 Å². The first-order valence-corrected chi connectivity index (χ1v) is 8.90. The predicted molar refractivity (Wildman–Crippen MR) is 103 cm³/mol. The SMILES string of the molecule is COc1ccc(CN(C(C)=O)C(C(=O)NCCCO)c2ccccc2)cc1. The Balaban J connectivity index is 2.29. The molecule has 144 valence electrons. The molecule has 0 saturated carbocycles. The first kappa shape index (κ1) is 20.5. The number of hydrogen-bond acceptors (Lipinski definition) is 4. The second kappa shape index (κ2) is 10.3. The summed E-state index contributed by atoms with van der Waals surface area (Å²) in [6.07, 6.45) is 0.464. The molecular weight excluding hydrogens is 344 g/mol. The molecule has 2 aromatic carbocycles. The first-order valence-electron chi connectivity index (χ1n) is 8.90. The van der Waals surface area contributed by atoms with Crippen molar-refractivity contribution in [1.82, 2.24) is 10.2 Å². The number of nitrogens with one attached hydrogen (secondary N) is 1. The molecule has 0 bridgehead atoms. The van der Waals surface area contributed by atoms with Gasteiger partial charge >= 0.3 is 0 Å². The number of aliphatic hydroxyl groups is 1. The number of methoxy groups -OCH3 is 1. The number of carbonyl (C=O) groups is 2. The molecule has 0 spiro atoms. The number of benzene rings is 2. The van der Waals surface area contributed by atoms with Crippen LogP contribution in [0.3, 0.4) is 0 Å². The van der Waals surface area contributed by atoms with Gasteiger partial charge in [0.15, 0.2) is 0 Å². The number of rotatable bonds is 9. The highest BCUT2D eigenvalue weighted by Crippen LogP contribution is 2.24. The van der Waals surface area contributed by atoms with E-state index in [0.29, 0.717) is 19.5 Å². The zero-order valence-corrected chi connectivity index (χ0v) is 15.7. The minimum absolute atomic E-state index is 0.00143. The molecule has 27 heavy (non-hydrogen) atoms. The topological polar surface area (TPSA) is 78.9 Å². The van der Waals surface area contributed by atoms with E-state index in [1.54, 1.807) is 12.0 Å². The third-order valence-electron chi connectivity index (χ3n) is 4.23. The normalized spacial score (nSPS) is 11.5. The zero-order chi connectivity index (χ0) is 19.6. The second-order valence-corrected chi connectivity index (χ2v) is 6.18. The van der Waals surface area contributed by atoms with E-state index in [1.807, 2.05) is 54.6 Å². The standard InChI is InChI=1S/C21H26N2O4/c1-16(25)23(15-17-9-11-19(27-2)12-10-17)20(18-7-4-3-5-8-18)21(26)22-13-6-14-24/h3-5,7-12,20,24H,6,13-15H2,1-2H3,(H,22,26). The molecule has 6 heteroatoms. The van der Waals surface area contributed by atoms with Gasteiger partial charge in [0, 0.05) is 26.6 Å². The van der Waals surface area contributed by atoms with Crippen LogP contribution in [0.2, 0.25) is 0 Å². The van der Waals surface area contributed by atoms with E-state index in [0.717, 1.165) is 16.9 Å². The third-order valence-corrected chi connectivity index (χ3v) is 4.23. The lowest BCUT2D eigenvalue weighted by Gasteiger charge is -2.30. The molecule has 6 nitrogen and oxygen atoms in total.